The van der Waals surface area contributed by atoms with Crippen LogP contribution < -0.4 is 20.1 Å². The van der Waals surface area contributed by atoms with E-state index in [1.807, 2.05) is 12.1 Å². The smallest absolute Gasteiger partial charge is 0.291 e. The first-order valence-corrected chi connectivity index (χ1v) is 9.66. The molecule has 0 unspecified atom stereocenters. The van der Waals surface area contributed by atoms with Crippen LogP contribution in [-0.2, 0) is 4.79 Å². The first-order valence-electron chi connectivity index (χ1n) is 8.68. The van der Waals surface area contributed by atoms with Crippen LogP contribution in [0.5, 0.6) is 11.5 Å². The molecule has 0 aliphatic rings. The van der Waals surface area contributed by atoms with Crippen LogP contribution in [0.3, 0.4) is 0 Å². The van der Waals surface area contributed by atoms with Crippen molar-refractivity contribution in [1.82, 2.24) is 0 Å². The summed E-state index contributed by atoms with van der Waals surface area (Å²) >= 11 is 1.36. The molecule has 8 heteroatoms. The van der Waals surface area contributed by atoms with E-state index < -0.39 is 0 Å². The Morgan fingerprint density at radius 3 is 2.34 bits per heavy atom. The molecule has 29 heavy (non-hydrogen) atoms. The lowest BCUT2D eigenvalue weighted by atomic mass is 10.2. The maximum Gasteiger partial charge on any atom is 0.291 e. The molecule has 3 rings (SSSR count). The average Bonchev–Trinajstić information content (AvgIpc) is 3.27. The van der Waals surface area contributed by atoms with Crippen molar-refractivity contribution in [2.75, 3.05) is 30.6 Å². The lowest BCUT2D eigenvalue weighted by Crippen LogP contribution is -2.14. The number of amides is 2. The minimum absolute atomic E-state index is 0.171. The van der Waals surface area contributed by atoms with Gasteiger partial charge in [-0.25, -0.2) is 0 Å². The molecule has 0 saturated heterocycles. The SMILES string of the molecule is COc1cc(NC(=O)CSc2cccc(NC(=O)c3ccco3)c2)cc(OC)c1. The summed E-state index contributed by atoms with van der Waals surface area (Å²) in [5.74, 6) is 1.11. The number of carbonyl (C=O) groups excluding carboxylic acids is 2. The summed E-state index contributed by atoms with van der Waals surface area (Å²) in [7, 11) is 3.10. The number of hydrogen-bond acceptors (Lipinski definition) is 6. The maximum absolute atomic E-state index is 12.3. The number of furan rings is 1. The molecule has 150 valence electrons. The molecule has 0 spiro atoms. The van der Waals surface area contributed by atoms with Gasteiger partial charge in [0, 0.05) is 34.5 Å². The fraction of sp³-hybridized carbons (Fsp3) is 0.143. The molecule has 2 N–H and O–H groups in total. The Labute approximate surface area is 172 Å². The van der Waals surface area contributed by atoms with Gasteiger partial charge >= 0.3 is 0 Å². The van der Waals surface area contributed by atoms with Crippen LogP contribution in [0.1, 0.15) is 10.6 Å². The number of thioether (sulfide) groups is 1. The van der Waals surface area contributed by atoms with E-state index in [1.54, 1.807) is 56.7 Å². The lowest BCUT2D eigenvalue weighted by Gasteiger charge is -2.10. The fourth-order valence-electron chi connectivity index (χ4n) is 2.49. The number of nitrogens with one attached hydrogen (secondary N) is 2. The van der Waals surface area contributed by atoms with E-state index in [2.05, 4.69) is 10.6 Å². The molecule has 0 bridgehead atoms. The summed E-state index contributed by atoms with van der Waals surface area (Å²) in [6.45, 7) is 0. The van der Waals surface area contributed by atoms with Crippen LogP contribution in [0.15, 0.2) is 70.2 Å². The van der Waals surface area contributed by atoms with Crippen LogP contribution in [0, 0.1) is 0 Å². The molecule has 0 saturated carbocycles. The maximum atomic E-state index is 12.3. The van der Waals surface area contributed by atoms with Gasteiger partial charge in [0.05, 0.1) is 26.2 Å². The summed E-state index contributed by atoms with van der Waals surface area (Å²) in [5, 5.41) is 5.59. The van der Waals surface area contributed by atoms with Gasteiger partial charge in [0.15, 0.2) is 5.76 Å². The minimum atomic E-state index is -0.332. The Balaban J connectivity index is 1.57. The van der Waals surface area contributed by atoms with Crippen molar-refractivity contribution in [3.05, 3.63) is 66.6 Å². The van der Waals surface area contributed by atoms with Gasteiger partial charge < -0.3 is 24.5 Å². The number of ether oxygens (including phenoxy) is 2. The lowest BCUT2D eigenvalue weighted by molar-refractivity contribution is -0.113. The summed E-state index contributed by atoms with van der Waals surface area (Å²) < 4.78 is 15.5. The molecule has 7 nitrogen and oxygen atoms in total. The summed E-state index contributed by atoms with van der Waals surface area (Å²) in [6.07, 6.45) is 1.44. The van der Waals surface area contributed by atoms with Crippen LogP contribution >= 0.6 is 11.8 Å². The zero-order valence-corrected chi connectivity index (χ0v) is 16.7. The molecule has 1 aromatic heterocycles. The largest absolute Gasteiger partial charge is 0.497 e. The number of rotatable bonds is 8. The quantitative estimate of drug-likeness (QED) is 0.537. The Bertz CT molecular complexity index is 966. The number of benzene rings is 2. The molecule has 0 aliphatic carbocycles. The average molecular weight is 412 g/mol. The van der Waals surface area contributed by atoms with Crippen LogP contribution in [0.2, 0.25) is 0 Å². The third-order valence-electron chi connectivity index (χ3n) is 3.84. The van der Waals surface area contributed by atoms with Crippen molar-refractivity contribution in [1.29, 1.82) is 0 Å². The third kappa shape index (κ3) is 5.79. The minimum Gasteiger partial charge on any atom is -0.497 e. The van der Waals surface area contributed by atoms with Gasteiger partial charge in [0.25, 0.3) is 5.91 Å². The molecule has 2 amide bonds. The van der Waals surface area contributed by atoms with Gasteiger partial charge in [-0.05, 0) is 30.3 Å². The van der Waals surface area contributed by atoms with Gasteiger partial charge in [-0.1, -0.05) is 6.07 Å². The van der Waals surface area contributed by atoms with Crippen molar-refractivity contribution in [3.8, 4) is 11.5 Å². The highest BCUT2D eigenvalue weighted by Gasteiger charge is 2.10. The molecule has 0 fully saturated rings. The van der Waals surface area contributed by atoms with Crippen molar-refractivity contribution in [2.45, 2.75) is 4.90 Å². The Hall–Kier alpha value is -3.39. The number of hydrogen-bond donors (Lipinski definition) is 2. The predicted molar refractivity (Wildman–Crippen MR) is 112 cm³/mol. The van der Waals surface area contributed by atoms with Crippen LogP contribution in [0.25, 0.3) is 0 Å². The monoisotopic (exact) mass is 412 g/mol. The topological polar surface area (TPSA) is 89.8 Å². The predicted octanol–water partition coefficient (Wildman–Crippen LogP) is 4.28. The number of methoxy groups -OCH3 is 2. The fourth-order valence-corrected chi connectivity index (χ4v) is 3.24. The second-order valence-corrected chi connectivity index (χ2v) is 6.95. The van der Waals surface area contributed by atoms with Gasteiger partial charge in [0.1, 0.15) is 11.5 Å². The Morgan fingerprint density at radius 1 is 0.931 bits per heavy atom. The highest BCUT2D eigenvalue weighted by molar-refractivity contribution is 8.00. The molecule has 0 atom stereocenters. The van der Waals surface area contributed by atoms with E-state index in [0.29, 0.717) is 22.9 Å². The van der Waals surface area contributed by atoms with E-state index in [1.165, 1.54) is 18.0 Å². The van der Waals surface area contributed by atoms with Crippen molar-refractivity contribution < 1.29 is 23.5 Å². The molecule has 2 aromatic carbocycles. The molecule has 1 heterocycles. The van der Waals surface area contributed by atoms with Gasteiger partial charge in [0.2, 0.25) is 5.91 Å². The molecule has 3 aromatic rings. The van der Waals surface area contributed by atoms with E-state index in [4.69, 9.17) is 13.9 Å². The normalized spacial score (nSPS) is 10.3. The highest BCUT2D eigenvalue weighted by atomic mass is 32.2. The van der Waals surface area contributed by atoms with E-state index >= 15 is 0 Å². The van der Waals surface area contributed by atoms with E-state index in [0.717, 1.165) is 4.90 Å². The molecule has 0 aliphatic heterocycles. The van der Waals surface area contributed by atoms with Gasteiger partial charge in [-0.2, -0.15) is 0 Å². The van der Waals surface area contributed by atoms with Gasteiger partial charge in [-0.15, -0.1) is 11.8 Å². The van der Waals surface area contributed by atoms with Crippen molar-refractivity contribution in [2.24, 2.45) is 0 Å². The van der Waals surface area contributed by atoms with Crippen LogP contribution in [-0.4, -0.2) is 31.8 Å². The standard InChI is InChI=1S/C21H20N2O5S/c1-26-16-9-15(10-17(12-16)27-2)22-20(24)13-29-18-6-3-5-14(11-18)23-21(25)19-7-4-8-28-19/h3-12H,13H2,1-2H3,(H,22,24)(H,23,25). The van der Waals surface area contributed by atoms with Crippen LogP contribution in [0.4, 0.5) is 11.4 Å². The zero-order valence-electron chi connectivity index (χ0n) is 15.9. The summed E-state index contributed by atoms with van der Waals surface area (Å²) in [4.78, 5) is 25.2. The van der Waals surface area contributed by atoms with E-state index in [-0.39, 0.29) is 23.3 Å². The second kappa shape index (κ2) is 9.70. The second-order valence-electron chi connectivity index (χ2n) is 5.90. The highest BCUT2D eigenvalue weighted by Crippen LogP contribution is 2.27. The van der Waals surface area contributed by atoms with Gasteiger partial charge in [-0.3, -0.25) is 9.59 Å². The van der Waals surface area contributed by atoms with Crippen molar-refractivity contribution >= 4 is 35.0 Å². The molecular formula is C21H20N2O5S. The number of carbonyl (C=O) groups is 2. The summed E-state index contributed by atoms with van der Waals surface area (Å²) in [6, 6.07) is 15.7. The third-order valence-corrected chi connectivity index (χ3v) is 4.84. The molecular weight excluding hydrogens is 392 g/mol. The van der Waals surface area contributed by atoms with E-state index in [9.17, 15) is 9.59 Å². The first-order chi connectivity index (χ1) is 14.1. The molecule has 0 radical (unpaired) electrons. The Morgan fingerprint density at radius 2 is 1.69 bits per heavy atom. The van der Waals surface area contributed by atoms with Crippen molar-refractivity contribution in [3.63, 3.8) is 0 Å². The number of anilines is 2. The summed E-state index contributed by atoms with van der Waals surface area (Å²) in [5.41, 5.74) is 1.21. The first kappa shape index (κ1) is 20.3. The zero-order chi connectivity index (χ0) is 20.6. The Kier molecular flexibility index (Phi) is 6.80.